The smallest absolute Gasteiger partial charge is 0.122 e. The van der Waals surface area contributed by atoms with Gasteiger partial charge in [-0.1, -0.05) is 0 Å². The van der Waals surface area contributed by atoms with Gasteiger partial charge in [0.1, 0.15) is 5.75 Å². The van der Waals surface area contributed by atoms with Crippen LogP contribution in [0.2, 0.25) is 0 Å². The van der Waals surface area contributed by atoms with E-state index in [0.29, 0.717) is 11.8 Å². The van der Waals surface area contributed by atoms with Crippen LogP contribution in [0.4, 0.5) is 0 Å². The first-order chi connectivity index (χ1) is 12.3. The molecule has 2 heterocycles. The minimum absolute atomic E-state index is 0. The summed E-state index contributed by atoms with van der Waals surface area (Å²) in [6.45, 7) is 4.32. The van der Waals surface area contributed by atoms with Gasteiger partial charge in [-0.2, -0.15) is 5.26 Å². The molecule has 0 spiro atoms. The molecule has 0 unspecified atom stereocenters. The molecule has 1 saturated heterocycles. The maximum Gasteiger partial charge on any atom is 0.122 e. The summed E-state index contributed by atoms with van der Waals surface area (Å²) in [6, 6.07) is 8.91. The Kier molecular flexibility index (Phi) is 8.24. The molecule has 1 N–H and O–H groups in total. The van der Waals surface area contributed by atoms with Crippen LogP contribution in [-0.2, 0) is 0 Å². The van der Waals surface area contributed by atoms with Crippen LogP contribution < -0.4 is 10.1 Å². The minimum atomic E-state index is 0. The first-order valence-electron chi connectivity index (χ1n) is 9.83. The molecule has 0 radical (unpaired) electrons. The number of hydrogen-bond acceptors (Lipinski definition) is 4. The second-order valence-electron chi connectivity index (χ2n) is 8.10. The van der Waals surface area contributed by atoms with E-state index < -0.39 is 0 Å². The number of hydrogen-bond donors (Lipinski definition) is 1. The number of nitriles is 1. The maximum absolute atomic E-state index is 9.19. The fourth-order valence-corrected chi connectivity index (χ4v) is 5.01. The van der Waals surface area contributed by atoms with Gasteiger partial charge in [-0.15, -0.1) is 24.8 Å². The van der Waals surface area contributed by atoms with E-state index in [2.05, 4.69) is 29.4 Å². The lowest BCUT2D eigenvalue weighted by Gasteiger charge is -2.29. The van der Waals surface area contributed by atoms with E-state index in [-0.39, 0.29) is 24.8 Å². The van der Waals surface area contributed by atoms with Crippen LogP contribution in [0.15, 0.2) is 18.2 Å². The Morgan fingerprint density at radius 3 is 2.67 bits per heavy atom. The van der Waals surface area contributed by atoms with E-state index in [1.165, 1.54) is 44.2 Å². The number of nitrogens with zero attached hydrogens (tertiary/aromatic N) is 2. The van der Waals surface area contributed by atoms with Crippen molar-refractivity contribution in [1.82, 2.24) is 10.2 Å². The van der Waals surface area contributed by atoms with Gasteiger partial charge in [0.2, 0.25) is 0 Å². The van der Waals surface area contributed by atoms with Crippen molar-refractivity contribution in [3.63, 3.8) is 0 Å². The molecule has 3 aliphatic rings. The van der Waals surface area contributed by atoms with Crippen molar-refractivity contribution >= 4 is 24.8 Å². The SMILES string of the molecule is CNC1CCC(CCN2C[C@H]3COc4ccc(C#N)cc4[C@@H]3C2)CC1.Cl.Cl. The average molecular weight is 412 g/mol. The van der Waals surface area contributed by atoms with E-state index in [0.717, 1.165) is 43.0 Å². The van der Waals surface area contributed by atoms with Gasteiger partial charge in [0, 0.05) is 36.5 Å². The summed E-state index contributed by atoms with van der Waals surface area (Å²) in [5.41, 5.74) is 2.01. The van der Waals surface area contributed by atoms with Crippen LogP contribution in [-0.4, -0.2) is 44.2 Å². The molecule has 0 amide bonds. The molecule has 1 aromatic carbocycles. The topological polar surface area (TPSA) is 48.3 Å². The predicted molar refractivity (Wildman–Crippen MR) is 113 cm³/mol. The van der Waals surface area contributed by atoms with Gasteiger partial charge in [-0.3, -0.25) is 0 Å². The average Bonchev–Trinajstić information content (AvgIpc) is 3.10. The molecule has 1 aromatic rings. The van der Waals surface area contributed by atoms with Crippen LogP contribution in [0.5, 0.6) is 5.75 Å². The molecule has 6 heteroatoms. The molecule has 2 atom stereocenters. The zero-order valence-corrected chi connectivity index (χ0v) is 17.7. The van der Waals surface area contributed by atoms with Gasteiger partial charge in [0.15, 0.2) is 0 Å². The highest BCUT2D eigenvalue weighted by Gasteiger charge is 2.38. The molecule has 4 nitrogen and oxygen atoms in total. The number of fused-ring (bicyclic) bond motifs is 3. The van der Waals surface area contributed by atoms with Gasteiger partial charge >= 0.3 is 0 Å². The Hall–Kier alpha value is -0.990. The van der Waals surface area contributed by atoms with Crippen molar-refractivity contribution in [3.05, 3.63) is 29.3 Å². The quantitative estimate of drug-likeness (QED) is 0.813. The van der Waals surface area contributed by atoms with Crippen LogP contribution in [0.25, 0.3) is 0 Å². The summed E-state index contributed by atoms with van der Waals surface area (Å²) >= 11 is 0. The number of rotatable bonds is 4. The summed E-state index contributed by atoms with van der Waals surface area (Å²) in [5.74, 6) is 3.02. The third-order valence-corrected chi connectivity index (χ3v) is 6.62. The van der Waals surface area contributed by atoms with E-state index >= 15 is 0 Å². The molecular formula is C21H31Cl2N3O. The lowest BCUT2D eigenvalue weighted by Crippen LogP contribution is -2.31. The first-order valence-corrected chi connectivity index (χ1v) is 9.83. The summed E-state index contributed by atoms with van der Waals surface area (Å²) in [5, 5.41) is 12.6. The van der Waals surface area contributed by atoms with Crippen LogP contribution >= 0.6 is 24.8 Å². The van der Waals surface area contributed by atoms with Crippen LogP contribution in [0, 0.1) is 23.2 Å². The summed E-state index contributed by atoms with van der Waals surface area (Å²) in [6.07, 6.45) is 6.77. The van der Waals surface area contributed by atoms with Crippen molar-refractivity contribution in [3.8, 4) is 11.8 Å². The molecule has 2 fully saturated rings. The van der Waals surface area contributed by atoms with Crippen LogP contribution in [0.3, 0.4) is 0 Å². The van der Waals surface area contributed by atoms with Gasteiger partial charge in [-0.05, 0) is 69.8 Å². The lowest BCUT2D eigenvalue weighted by atomic mass is 9.84. The van der Waals surface area contributed by atoms with E-state index in [4.69, 9.17) is 4.74 Å². The van der Waals surface area contributed by atoms with Crippen LogP contribution in [0.1, 0.15) is 49.1 Å². The molecule has 150 valence electrons. The largest absolute Gasteiger partial charge is 0.493 e. The predicted octanol–water partition coefficient (Wildman–Crippen LogP) is 3.98. The standard InChI is InChI=1S/C21H29N3O.2ClH/c1-23-18-5-2-15(3-6-18)8-9-24-12-17-14-25-21-7-4-16(11-22)10-19(21)20(17)13-24;;/h4,7,10,15,17-18,20,23H,2-3,5-6,8-9,12-14H2,1H3;2*1H/t15?,17-,18?,20+;;/m0../s1. The highest BCUT2D eigenvalue weighted by molar-refractivity contribution is 5.85. The van der Waals surface area contributed by atoms with Gasteiger partial charge in [-0.25, -0.2) is 0 Å². The Morgan fingerprint density at radius 2 is 1.96 bits per heavy atom. The number of likely N-dealkylation sites (tertiary alicyclic amines) is 1. The maximum atomic E-state index is 9.19. The highest BCUT2D eigenvalue weighted by atomic mass is 35.5. The third-order valence-electron chi connectivity index (χ3n) is 6.62. The number of benzene rings is 1. The fraction of sp³-hybridized carbons (Fsp3) is 0.667. The Labute approximate surface area is 175 Å². The zero-order valence-electron chi connectivity index (χ0n) is 16.0. The molecule has 0 bridgehead atoms. The molecule has 4 rings (SSSR count). The molecule has 1 aliphatic carbocycles. The van der Waals surface area contributed by atoms with Crippen molar-refractivity contribution in [1.29, 1.82) is 5.26 Å². The Morgan fingerprint density at radius 1 is 1.19 bits per heavy atom. The summed E-state index contributed by atoms with van der Waals surface area (Å²) < 4.78 is 5.96. The van der Waals surface area contributed by atoms with E-state index in [1.54, 1.807) is 0 Å². The number of halogens is 2. The zero-order chi connectivity index (χ0) is 17.2. The third kappa shape index (κ3) is 4.90. The highest BCUT2D eigenvalue weighted by Crippen LogP contribution is 2.42. The Balaban J connectivity index is 0.00000131. The minimum Gasteiger partial charge on any atom is -0.493 e. The molecule has 0 aromatic heterocycles. The summed E-state index contributed by atoms with van der Waals surface area (Å²) in [7, 11) is 2.09. The van der Waals surface area contributed by atoms with Gasteiger partial charge in [0.25, 0.3) is 0 Å². The normalized spacial score (nSPS) is 29.3. The molecular weight excluding hydrogens is 381 g/mol. The van der Waals surface area contributed by atoms with Crippen molar-refractivity contribution < 1.29 is 4.74 Å². The first kappa shape index (κ1) is 22.3. The van der Waals surface area contributed by atoms with Gasteiger partial charge in [0.05, 0.1) is 18.2 Å². The van der Waals surface area contributed by atoms with Crippen molar-refractivity contribution in [2.75, 3.05) is 33.3 Å². The fourth-order valence-electron chi connectivity index (χ4n) is 5.01. The van der Waals surface area contributed by atoms with Crippen molar-refractivity contribution in [2.45, 2.75) is 44.1 Å². The second-order valence-corrected chi connectivity index (χ2v) is 8.10. The summed E-state index contributed by atoms with van der Waals surface area (Å²) in [4.78, 5) is 2.64. The van der Waals surface area contributed by atoms with Gasteiger partial charge < -0.3 is 15.0 Å². The Bertz CT molecular complexity index is 655. The van der Waals surface area contributed by atoms with E-state index in [1.807, 2.05) is 12.1 Å². The second kappa shape index (κ2) is 9.98. The monoisotopic (exact) mass is 411 g/mol. The lowest BCUT2D eigenvalue weighted by molar-refractivity contribution is 0.207. The molecule has 1 saturated carbocycles. The van der Waals surface area contributed by atoms with Crippen molar-refractivity contribution in [2.24, 2.45) is 11.8 Å². The van der Waals surface area contributed by atoms with E-state index in [9.17, 15) is 5.26 Å². The molecule has 27 heavy (non-hydrogen) atoms. The number of ether oxygens (including phenoxy) is 1. The number of nitrogens with one attached hydrogen (secondary N) is 1. The molecule has 2 aliphatic heterocycles.